The minimum absolute atomic E-state index is 0.0999. The molecule has 0 radical (unpaired) electrons. The molecular formula is C15H19Cl2NO. The van der Waals surface area contributed by atoms with Crippen LogP contribution < -0.4 is 5.32 Å². The molecule has 1 amide bonds. The molecule has 0 aliphatic heterocycles. The molecule has 4 heteroatoms. The van der Waals surface area contributed by atoms with Crippen LogP contribution in [0.3, 0.4) is 0 Å². The van der Waals surface area contributed by atoms with Crippen LogP contribution in [0.4, 0.5) is 0 Å². The Morgan fingerprint density at radius 1 is 1.16 bits per heavy atom. The zero-order valence-electron chi connectivity index (χ0n) is 10.9. The predicted molar refractivity (Wildman–Crippen MR) is 79.8 cm³/mol. The molecule has 1 N–H and O–H groups in total. The van der Waals surface area contributed by atoms with E-state index in [1.54, 1.807) is 0 Å². The maximum atomic E-state index is 11.9. The van der Waals surface area contributed by atoms with Crippen molar-refractivity contribution >= 4 is 29.1 Å². The second kappa shape index (κ2) is 7.16. The van der Waals surface area contributed by atoms with E-state index in [-0.39, 0.29) is 5.91 Å². The summed E-state index contributed by atoms with van der Waals surface area (Å²) >= 11 is 12.2. The first kappa shape index (κ1) is 14.7. The summed E-state index contributed by atoms with van der Waals surface area (Å²) in [6, 6.07) is 5.79. The Labute approximate surface area is 124 Å². The highest BCUT2D eigenvalue weighted by molar-refractivity contribution is 6.36. The minimum Gasteiger partial charge on any atom is -0.353 e. The van der Waals surface area contributed by atoms with E-state index in [0.717, 1.165) is 18.4 Å². The van der Waals surface area contributed by atoms with Gasteiger partial charge in [-0.2, -0.15) is 0 Å². The van der Waals surface area contributed by atoms with Gasteiger partial charge in [-0.15, -0.1) is 0 Å². The van der Waals surface area contributed by atoms with Gasteiger partial charge in [0.15, 0.2) is 0 Å². The highest BCUT2D eigenvalue weighted by atomic mass is 35.5. The van der Waals surface area contributed by atoms with Crippen LogP contribution in [0.15, 0.2) is 18.2 Å². The van der Waals surface area contributed by atoms with E-state index in [1.165, 1.54) is 19.3 Å². The lowest BCUT2D eigenvalue weighted by Gasteiger charge is -2.22. The summed E-state index contributed by atoms with van der Waals surface area (Å²) < 4.78 is 0. The third kappa shape index (κ3) is 4.39. The zero-order chi connectivity index (χ0) is 13.7. The molecule has 1 aromatic carbocycles. The van der Waals surface area contributed by atoms with Crippen molar-refractivity contribution in [1.29, 1.82) is 0 Å². The Morgan fingerprint density at radius 2 is 1.79 bits per heavy atom. The SMILES string of the molecule is O=C(CCc1c(Cl)cccc1Cl)NC1CCCCC1. The summed E-state index contributed by atoms with van der Waals surface area (Å²) in [6.07, 6.45) is 7.00. The normalized spacial score (nSPS) is 16.3. The number of benzene rings is 1. The van der Waals surface area contributed by atoms with Crippen LogP contribution >= 0.6 is 23.2 Å². The van der Waals surface area contributed by atoms with E-state index in [4.69, 9.17) is 23.2 Å². The molecule has 0 aromatic heterocycles. The van der Waals surface area contributed by atoms with Gasteiger partial charge < -0.3 is 5.32 Å². The van der Waals surface area contributed by atoms with Gasteiger partial charge >= 0.3 is 0 Å². The van der Waals surface area contributed by atoms with Crippen molar-refractivity contribution in [2.24, 2.45) is 0 Å². The van der Waals surface area contributed by atoms with Crippen LogP contribution in [-0.2, 0) is 11.2 Å². The van der Waals surface area contributed by atoms with E-state index >= 15 is 0 Å². The topological polar surface area (TPSA) is 29.1 Å². The number of hydrogen-bond donors (Lipinski definition) is 1. The molecule has 1 aliphatic rings. The summed E-state index contributed by atoms with van der Waals surface area (Å²) in [5, 5.41) is 4.38. The fourth-order valence-corrected chi connectivity index (χ4v) is 3.14. The third-order valence-corrected chi connectivity index (χ3v) is 4.34. The van der Waals surface area contributed by atoms with Crippen LogP contribution in [0.2, 0.25) is 10.0 Å². The Kier molecular flexibility index (Phi) is 5.53. The molecule has 1 fully saturated rings. The molecule has 0 atom stereocenters. The molecule has 0 unspecified atom stereocenters. The fraction of sp³-hybridized carbons (Fsp3) is 0.533. The van der Waals surface area contributed by atoms with E-state index in [2.05, 4.69) is 5.32 Å². The van der Waals surface area contributed by atoms with Gasteiger partial charge in [0.25, 0.3) is 0 Å². The van der Waals surface area contributed by atoms with Crippen molar-refractivity contribution in [2.45, 2.75) is 51.0 Å². The Bertz CT molecular complexity index is 422. The van der Waals surface area contributed by atoms with Crippen molar-refractivity contribution in [3.63, 3.8) is 0 Å². The van der Waals surface area contributed by atoms with Crippen molar-refractivity contribution in [3.8, 4) is 0 Å². The average Bonchev–Trinajstić information content (AvgIpc) is 2.39. The van der Waals surface area contributed by atoms with Crippen molar-refractivity contribution in [2.75, 3.05) is 0 Å². The smallest absolute Gasteiger partial charge is 0.220 e. The zero-order valence-corrected chi connectivity index (χ0v) is 12.4. The standard InChI is InChI=1S/C15H19Cl2NO/c16-13-7-4-8-14(17)12(13)9-10-15(19)18-11-5-2-1-3-6-11/h4,7-8,11H,1-3,5-6,9-10H2,(H,18,19). The van der Waals surface area contributed by atoms with Gasteiger partial charge in [0.2, 0.25) is 5.91 Å². The molecule has 0 spiro atoms. The monoisotopic (exact) mass is 299 g/mol. The molecule has 104 valence electrons. The van der Waals surface area contributed by atoms with Gasteiger partial charge in [0.1, 0.15) is 0 Å². The molecule has 2 nitrogen and oxygen atoms in total. The number of halogens is 2. The lowest BCUT2D eigenvalue weighted by molar-refractivity contribution is -0.121. The molecule has 0 bridgehead atoms. The summed E-state index contributed by atoms with van der Waals surface area (Å²) in [4.78, 5) is 11.9. The molecule has 1 saturated carbocycles. The largest absolute Gasteiger partial charge is 0.353 e. The molecule has 2 rings (SSSR count). The van der Waals surface area contributed by atoms with Gasteiger partial charge in [0.05, 0.1) is 0 Å². The molecular weight excluding hydrogens is 281 g/mol. The van der Waals surface area contributed by atoms with Crippen LogP contribution in [0.1, 0.15) is 44.1 Å². The van der Waals surface area contributed by atoms with Crippen LogP contribution in [0.5, 0.6) is 0 Å². The van der Waals surface area contributed by atoms with Gasteiger partial charge in [-0.25, -0.2) is 0 Å². The molecule has 1 aliphatic carbocycles. The van der Waals surface area contributed by atoms with Gasteiger partial charge in [-0.05, 0) is 37.0 Å². The quantitative estimate of drug-likeness (QED) is 0.878. The van der Waals surface area contributed by atoms with Crippen LogP contribution in [0, 0.1) is 0 Å². The Morgan fingerprint density at radius 3 is 2.42 bits per heavy atom. The fourth-order valence-electron chi connectivity index (χ4n) is 2.56. The number of rotatable bonds is 4. The first-order valence-corrected chi connectivity index (χ1v) is 7.64. The molecule has 0 saturated heterocycles. The van der Waals surface area contributed by atoms with Crippen LogP contribution in [-0.4, -0.2) is 11.9 Å². The second-order valence-corrected chi connectivity index (χ2v) is 5.92. The Balaban J connectivity index is 1.83. The third-order valence-electron chi connectivity index (χ3n) is 3.63. The number of carbonyl (C=O) groups excluding carboxylic acids is 1. The number of amides is 1. The van der Waals surface area contributed by atoms with Gasteiger partial charge in [-0.1, -0.05) is 48.5 Å². The van der Waals surface area contributed by atoms with Gasteiger partial charge in [0, 0.05) is 22.5 Å². The summed E-state index contributed by atoms with van der Waals surface area (Å²) in [5.41, 5.74) is 0.865. The molecule has 1 aromatic rings. The maximum absolute atomic E-state index is 11.9. The summed E-state index contributed by atoms with van der Waals surface area (Å²) in [6.45, 7) is 0. The molecule has 19 heavy (non-hydrogen) atoms. The number of carbonyl (C=O) groups is 1. The maximum Gasteiger partial charge on any atom is 0.220 e. The number of nitrogens with one attached hydrogen (secondary N) is 1. The van der Waals surface area contributed by atoms with Crippen molar-refractivity contribution < 1.29 is 4.79 Å². The van der Waals surface area contributed by atoms with Gasteiger partial charge in [-0.3, -0.25) is 4.79 Å². The van der Waals surface area contributed by atoms with Crippen molar-refractivity contribution in [3.05, 3.63) is 33.8 Å². The number of hydrogen-bond acceptors (Lipinski definition) is 1. The highest BCUT2D eigenvalue weighted by Gasteiger charge is 2.16. The lowest BCUT2D eigenvalue weighted by atomic mass is 9.95. The highest BCUT2D eigenvalue weighted by Crippen LogP contribution is 2.25. The first-order valence-electron chi connectivity index (χ1n) is 6.89. The van der Waals surface area contributed by atoms with E-state index in [0.29, 0.717) is 28.9 Å². The van der Waals surface area contributed by atoms with E-state index < -0.39 is 0 Å². The Hall–Kier alpha value is -0.730. The summed E-state index contributed by atoms with van der Waals surface area (Å²) in [7, 11) is 0. The molecule has 0 heterocycles. The second-order valence-electron chi connectivity index (χ2n) is 5.10. The minimum atomic E-state index is 0.0999. The van der Waals surface area contributed by atoms with Crippen LogP contribution in [0.25, 0.3) is 0 Å². The first-order chi connectivity index (χ1) is 9.16. The lowest BCUT2D eigenvalue weighted by Crippen LogP contribution is -2.36. The predicted octanol–water partition coefficient (Wildman–Crippen LogP) is 4.37. The van der Waals surface area contributed by atoms with E-state index in [9.17, 15) is 4.79 Å². The average molecular weight is 300 g/mol. The summed E-state index contributed by atoms with van der Waals surface area (Å²) in [5.74, 6) is 0.0999. The van der Waals surface area contributed by atoms with Crippen molar-refractivity contribution in [1.82, 2.24) is 5.32 Å². The van der Waals surface area contributed by atoms with E-state index in [1.807, 2.05) is 18.2 Å².